The molecule has 0 radical (unpaired) electrons. The lowest BCUT2D eigenvalue weighted by Gasteiger charge is -2.38. The minimum atomic E-state index is 0.470. The van der Waals surface area contributed by atoms with Crippen LogP contribution in [0.5, 0.6) is 0 Å². The first kappa shape index (κ1) is 15.3. The van der Waals surface area contributed by atoms with Gasteiger partial charge in [0.15, 0.2) is 0 Å². The van der Waals surface area contributed by atoms with Gasteiger partial charge in [0.2, 0.25) is 0 Å². The summed E-state index contributed by atoms with van der Waals surface area (Å²) in [5.74, 6) is 0.628. The number of nitrogens with zero attached hydrogens (tertiary/aromatic N) is 3. The Hall–Kier alpha value is -0.620. The molecule has 2 atom stereocenters. The third-order valence-corrected chi connectivity index (χ3v) is 5.38. The lowest BCUT2D eigenvalue weighted by molar-refractivity contribution is 0.342. The zero-order valence-electron chi connectivity index (χ0n) is 12.1. The van der Waals surface area contributed by atoms with Gasteiger partial charge in [-0.2, -0.15) is 8.75 Å². The number of hydrogen-bond donors (Lipinski definition) is 1. The molecule has 1 aliphatic rings. The van der Waals surface area contributed by atoms with Crippen LogP contribution in [0.1, 0.15) is 20.3 Å². The van der Waals surface area contributed by atoms with Gasteiger partial charge in [0.1, 0.15) is 11.0 Å². The molecule has 0 spiro atoms. The molecule has 1 aromatic carbocycles. The average molecular weight is 345 g/mol. The van der Waals surface area contributed by atoms with Gasteiger partial charge < -0.3 is 10.2 Å². The largest absolute Gasteiger partial charge is 0.366 e. The van der Waals surface area contributed by atoms with Crippen LogP contribution in [0.4, 0.5) is 5.69 Å². The van der Waals surface area contributed by atoms with E-state index in [4.69, 9.17) is 23.2 Å². The molecule has 2 aromatic rings. The molecular formula is C14H18Cl2N4S. The summed E-state index contributed by atoms with van der Waals surface area (Å²) in [6.45, 7) is 7.31. The molecule has 7 heteroatoms. The van der Waals surface area contributed by atoms with Crippen LogP contribution in [0, 0.1) is 5.92 Å². The number of rotatable bonds is 3. The van der Waals surface area contributed by atoms with Gasteiger partial charge in [0.25, 0.3) is 0 Å². The quantitative estimate of drug-likeness (QED) is 0.918. The van der Waals surface area contributed by atoms with Gasteiger partial charge in [-0.3, -0.25) is 0 Å². The summed E-state index contributed by atoms with van der Waals surface area (Å²) in [7, 11) is 0. The molecule has 2 unspecified atom stereocenters. The highest BCUT2D eigenvalue weighted by atomic mass is 35.5. The summed E-state index contributed by atoms with van der Waals surface area (Å²) in [4.78, 5) is 2.32. The summed E-state index contributed by atoms with van der Waals surface area (Å²) in [5.41, 5.74) is 2.54. The van der Waals surface area contributed by atoms with Crippen LogP contribution in [0.2, 0.25) is 10.0 Å². The molecule has 1 fully saturated rings. The second-order valence-electron chi connectivity index (χ2n) is 5.54. The summed E-state index contributed by atoms with van der Waals surface area (Å²) >= 11 is 13.8. The zero-order valence-corrected chi connectivity index (χ0v) is 14.4. The van der Waals surface area contributed by atoms with E-state index in [2.05, 4.69) is 32.8 Å². The highest BCUT2D eigenvalue weighted by Gasteiger charge is 2.27. The average Bonchev–Trinajstić information content (AvgIpc) is 2.96. The molecule has 3 rings (SSSR count). The Morgan fingerprint density at radius 3 is 2.90 bits per heavy atom. The van der Waals surface area contributed by atoms with Crippen molar-refractivity contribution in [2.45, 2.75) is 26.3 Å². The van der Waals surface area contributed by atoms with Gasteiger partial charge >= 0.3 is 0 Å². The van der Waals surface area contributed by atoms with E-state index < -0.39 is 0 Å². The van der Waals surface area contributed by atoms with Gasteiger partial charge in [-0.15, -0.1) is 0 Å². The molecular weight excluding hydrogens is 327 g/mol. The summed E-state index contributed by atoms with van der Waals surface area (Å²) in [5, 5.41) is 4.83. The molecule has 0 amide bonds. The third kappa shape index (κ3) is 2.84. The van der Waals surface area contributed by atoms with E-state index in [1.54, 1.807) is 6.07 Å². The van der Waals surface area contributed by atoms with Crippen molar-refractivity contribution >= 4 is 51.7 Å². The molecule has 114 valence electrons. The fourth-order valence-corrected chi connectivity index (χ4v) is 4.04. The highest BCUT2D eigenvalue weighted by molar-refractivity contribution is 7.00. The van der Waals surface area contributed by atoms with Crippen molar-refractivity contribution in [3.05, 3.63) is 16.1 Å². The molecule has 1 saturated heterocycles. The van der Waals surface area contributed by atoms with E-state index in [0.717, 1.165) is 42.8 Å². The number of nitrogens with one attached hydrogen (secondary N) is 1. The Morgan fingerprint density at radius 2 is 2.14 bits per heavy atom. The van der Waals surface area contributed by atoms with Crippen molar-refractivity contribution in [3.63, 3.8) is 0 Å². The van der Waals surface area contributed by atoms with Crippen LogP contribution in [-0.2, 0) is 0 Å². The topological polar surface area (TPSA) is 41.1 Å². The predicted octanol–water partition coefficient (Wildman–Crippen LogP) is 3.82. The number of anilines is 1. The Labute approximate surface area is 138 Å². The zero-order chi connectivity index (χ0) is 15.0. The smallest absolute Gasteiger partial charge is 0.131 e. The van der Waals surface area contributed by atoms with Crippen molar-refractivity contribution in [3.8, 4) is 0 Å². The second-order valence-corrected chi connectivity index (χ2v) is 6.89. The maximum atomic E-state index is 6.45. The summed E-state index contributed by atoms with van der Waals surface area (Å²) in [6, 6.07) is 2.25. The second kappa shape index (κ2) is 6.24. The molecule has 2 heterocycles. The van der Waals surface area contributed by atoms with E-state index in [1.165, 1.54) is 11.7 Å². The summed E-state index contributed by atoms with van der Waals surface area (Å²) in [6.07, 6.45) is 1.16. The molecule has 1 N–H and O–H groups in total. The van der Waals surface area contributed by atoms with Gasteiger partial charge in [-0.05, 0) is 12.0 Å². The van der Waals surface area contributed by atoms with Gasteiger partial charge in [0.05, 0.1) is 27.5 Å². The van der Waals surface area contributed by atoms with Crippen LogP contribution in [0.25, 0.3) is 11.0 Å². The molecule has 0 bridgehead atoms. The number of piperazine rings is 1. The lowest BCUT2D eigenvalue weighted by Crippen LogP contribution is -2.53. The fraction of sp³-hybridized carbons (Fsp3) is 0.571. The minimum absolute atomic E-state index is 0.470. The van der Waals surface area contributed by atoms with Crippen molar-refractivity contribution < 1.29 is 0 Å². The van der Waals surface area contributed by atoms with Crippen molar-refractivity contribution in [1.29, 1.82) is 0 Å². The fourth-order valence-electron chi connectivity index (χ4n) is 2.81. The first-order valence-corrected chi connectivity index (χ1v) is 8.69. The standard InChI is InChI=1S/C14H18Cl2N4S/c1-3-8(2)11-7-20(5-4-17-11)14-10(16)6-9(15)12-13(14)19-21-18-12/h6,8,11,17H,3-5,7H2,1-2H3. The van der Waals surface area contributed by atoms with E-state index >= 15 is 0 Å². The maximum Gasteiger partial charge on any atom is 0.131 e. The molecule has 4 nitrogen and oxygen atoms in total. The maximum absolute atomic E-state index is 6.45. The van der Waals surface area contributed by atoms with Crippen LogP contribution in [0.15, 0.2) is 6.07 Å². The van der Waals surface area contributed by atoms with Gasteiger partial charge in [-0.1, -0.05) is 43.5 Å². The summed E-state index contributed by atoms with van der Waals surface area (Å²) < 4.78 is 8.69. The van der Waals surface area contributed by atoms with Crippen LogP contribution in [0.3, 0.4) is 0 Å². The molecule has 1 aromatic heterocycles. The SMILES string of the molecule is CCC(C)C1CN(c2c(Cl)cc(Cl)c3nsnc23)CCN1. The Kier molecular flexibility index (Phi) is 4.54. The van der Waals surface area contributed by atoms with Crippen LogP contribution < -0.4 is 10.2 Å². The number of fused-ring (bicyclic) bond motifs is 1. The van der Waals surface area contributed by atoms with E-state index in [9.17, 15) is 0 Å². The number of benzene rings is 1. The number of halogens is 2. The van der Waals surface area contributed by atoms with Crippen molar-refractivity contribution in [2.75, 3.05) is 24.5 Å². The predicted molar refractivity (Wildman–Crippen MR) is 90.9 cm³/mol. The minimum Gasteiger partial charge on any atom is -0.366 e. The van der Waals surface area contributed by atoms with E-state index in [-0.39, 0.29) is 0 Å². The monoisotopic (exact) mass is 344 g/mol. The van der Waals surface area contributed by atoms with Crippen LogP contribution in [-0.4, -0.2) is 34.4 Å². The Morgan fingerprint density at radius 1 is 1.38 bits per heavy atom. The van der Waals surface area contributed by atoms with Crippen LogP contribution >= 0.6 is 34.9 Å². The third-order valence-electron chi connectivity index (χ3n) is 4.27. The van der Waals surface area contributed by atoms with Gasteiger partial charge in [-0.25, -0.2) is 0 Å². The Bertz CT molecular complexity index is 645. The van der Waals surface area contributed by atoms with E-state index in [1.807, 2.05) is 0 Å². The van der Waals surface area contributed by atoms with Gasteiger partial charge in [0, 0.05) is 25.7 Å². The normalized spacial score (nSPS) is 21.0. The highest BCUT2D eigenvalue weighted by Crippen LogP contribution is 2.38. The molecule has 21 heavy (non-hydrogen) atoms. The number of aromatic nitrogens is 2. The van der Waals surface area contributed by atoms with E-state index in [0.29, 0.717) is 22.0 Å². The van der Waals surface area contributed by atoms with Crippen molar-refractivity contribution in [2.24, 2.45) is 5.92 Å². The Balaban J connectivity index is 1.98. The molecule has 0 aliphatic carbocycles. The first-order valence-electron chi connectivity index (χ1n) is 7.20. The lowest BCUT2D eigenvalue weighted by atomic mass is 9.97. The van der Waals surface area contributed by atoms with Crippen molar-refractivity contribution in [1.82, 2.24) is 14.1 Å². The molecule has 0 saturated carbocycles. The number of hydrogen-bond acceptors (Lipinski definition) is 5. The first-order chi connectivity index (χ1) is 10.1. The molecule has 1 aliphatic heterocycles.